The number of piperidine rings is 1. The van der Waals surface area contributed by atoms with Gasteiger partial charge in [-0.1, -0.05) is 60.2 Å². The highest BCUT2D eigenvalue weighted by Gasteiger charge is 2.27. The van der Waals surface area contributed by atoms with Gasteiger partial charge in [0.05, 0.1) is 12.6 Å². The van der Waals surface area contributed by atoms with Crippen LogP contribution in [-0.2, 0) is 0 Å². The third-order valence-corrected chi connectivity index (χ3v) is 5.60. The summed E-state index contributed by atoms with van der Waals surface area (Å²) in [6.07, 6.45) is 1.87. The summed E-state index contributed by atoms with van der Waals surface area (Å²) in [5, 5.41) is 12.4. The van der Waals surface area contributed by atoms with Crippen LogP contribution in [0, 0.1) is 6.92 Å². The number of amides is 2. The van der Waals surface area contributed by atoms with Gasteiger partial charge in [0.2, 0.25) is 0 Å². The molecule has 2 N–H and O–H groups in total. The van der Waals surface area contributed by atoms with E-state index in [1.807, 2.05) is 36.2 Å². The van der Waals surface area contributed by atoms with Crippen LogP contribution in [0.2, 0.25) is 0 Å². The average molecular weight is 382 g/mol. The molecule has 28 heavy (non-hydrogen) atoms. The number of likely N-dealkylation sites (N-methyl/N-ethyl adjacent to an activating group) is 1. The van der Waals surface area contributed by atoms with Crippen molar-refractivity contribution in [1.29, 1.82) is 0 Å². The molecule has 0 spiro atoms. The predicted molar refractivity (Wildman–Crippen MR) is 112 cm³/mol. The van der Waals surface area contributed by atoms with Crippen molar-refractivity contribution in [1.82, 2.24) is 15.1 Å². The summed E-state index contributed by atoms with van der Waals surface area (Å²) in [6.45, 7) is 4.40. The Labute approximate surface area is 168 Å². The van der Waals surface area contributed by atoms with Crippen LogP contribution >= 0.6 is 0 Å². The maximum absolute atomic E-state index is 13.0. The fraction of sp³-hybridized carbons (Fsp3) is 0.435. The zero-order valence-corrected chi connectivity index (χ0v) is 16.8. The van der Waals surface area contributed by atoms with Crippen molar-refractivity contribution in [3.63, 3.8) is 0 Å². The van der Waals surface area contributed by atoms with Crippen molar-refractivity contribution in [3.8, 4) is 0 Å². The summed E-state index contributed by atoms with van der Waals surface area (Å²) in [5.74, 6) is 0. The number of hydrogen-bond donors (Lipinski definition) is 2. The molecule has 5 heteroatoms. The second-order valence-corrected chi connectivity index (χ2v) is 7.63. The monoisotopic (exact) mass is 381 g/mol. The molecule has 1 saturated heterocycles. The van der Waals surface area contributed by atoms with E-state index in [1.165, 1.54) is 5.56 Å². The van der Waals surface area contributed by atoms with Gasteiger partial charge in [-0.3, -0.25) is 0 Å². The Kier molecular flexibility index (Phi) is 7.06. The molecule has 1 fully saturated rings. The number of carbonyl (C=O) groups is 1. The first-order valence-corrected chi connectivity index (χ1v) is 10.1. The molecule has 1 atom stereocenters. The maximum Gasteiger partial charge on any atom is 0.318 e. The van der Waals surface area contributed by atoms with Crippen molar-refractivity contribution in [2.24, 2.45) is 0 Å². The zero-order valence-electron chi connectivity index (χ0n) is 16.8. The van der Waals surface area contributed by atoms with E-state index in [1.54, 1.807) is 0 Å². The van der Waals surface area contributed by atoms with Crippen LogP contribution in [-0.4, -0.2) is 60.3 Å². The number of urea groups is 1. The predicted octanol–water partition coefficient (Wildman–Crippen LogP) is 3.18. The van der Waals surface area contributed by atoms with Crippen molar-refractivity contribution in [2.75, 3.05) is 33.3 Å². The summed E-state index contributed by atoms with van der Waals surface area (Å²) in [7, 11) is 2.04. The minimum atomic E-state index is -0.164. The first kappa shape index (κ1) is 20.4. The summed E-state index contributed by atoms with van der Waals surface area (Å²) >= 11 is 0. The number of aliphatic hydroxyl groups excluding tert-OH is 1. The molecule has 3 rings (SSSR count). The van der Waals surface area contributed by atoms with E-state index in [0.29, 0.717) is 12.6 Å². The molecule has 1 aliphatic heterocycles. The zero-order chi connectivity index (χ0) is 19.9. The van der Waals surface area contributed by atoms with E-state index in [2.05, 4.69) is 47.5 Å². The molecule has 5 nitrogen and oxygen atoms in total. The van der Waals surface area contributed by atoms with E-state index in [-0.39, 0.29) is 18.7 Å². The lowest BCUT2D eigenvalue weighted by Crippen LogP contribution is -2.49. The normalized spacial score (nSPS) is 16.2. The quantitative estimate of drug-likeness (QED) is 0.808. The molecular weight excluding hydrogens is 350 g/mol. The second-order valence-electron chi connectivity index (χ2n) is 7.63. The van der Waals surface area contributed by atoms with E-state index in [0.717, 1.165) is 37.1 Å². The molecule has 0 radical (unpaired) electrons. The molecule has 1 aliphatic rings. The van der Waals surface area contributed by atoms with Gasteiger partial charge in [-0.2, -0.15) is 0 Å². The molecule has 2 aromatic carbocycles. The van der Waals surface area contributed by atoms with Gasteiger partial charge in [-0.05, 0) is 37.9 Å². The lowest BCUT2D eigenvalue weighted by molar-refractivity contribution is 0.118. The van der Waals surface area contributed by atoms with Gasteiger partial charge in [0.1, 0.15) is 0 Å². The van der Waals surface area contributed by atoms with Gasteiger partial charge in [0, 0.05) is 25.7 Å². The number of nitrogens with zero attached hydrogens (tertiary/aromatic N) is 2. The molecule has 0 bridgehead atoms. The van der Waals surface area contributed by atoms with Gasteiger partial charge in [0.25, 0.3) is 0 Å². The van der Waals surface area contributed by atoms with Gasteiger partial charge in [-0.25, -0.2) is 4.79 Å². The topological polar surface area (TPSA) is 55.8 Å². The van der Waals surface area contributed by atoms with Crippen LogP contribution in [0.4, 0.5) is 4.79 Å². The number of aryl methyl sites for hydroxylation is 1. The Morgan fingerprint density at radius 3 is 2.46 bits per heavy atom. The number of aliphatic hydroxyl groups is 1. The Balaban J connectivity index is 1.69. The second kappa shape index (κ2) is 9.71. The Hall–Kier alpha value is -2.37. The number of benzene rings is 2. The molecule has 150 valence electrons. The van der Waals surface area contributed by atoms with E-state index in [9.17, 15) is 4.79 Å². The maximum atomic E-state index is 13.0. The van der Waals surface area contributed by atoms with E-state index in [4.69, 9.17) is 5.11 Å². The number of nitrogens with one attached hydrogen (secondary N) is 1. The van der Waals surface area contributed by atoms with E-state index >= 15 is 0 Å². The van der Waals surface area contributed by atoms with Gasteiger partial charge in [-0.15, -0.1) is 0 Å². The van der Waals surface area contributed by atoms with Crippen LogP contribution in [0.25, 0.3) is 0 Å². The highest BCUT2D eigenvalue weighted by Crippen LogP contribution is 2.24. The fourth-order valence-electron chi connectivity index (χ4n) is 3.92. The summed E-state index contributed by atoms with van der Waals surface area (Å²) in [6, 6.07) is 18.7. The fourth-order valence-corrected chi connectivity index (χ4v) is 3.92. The molecule has 2 amide bonds. The van der Waals surface area contributed by atoms with Crippen LogP contribution in [0.3, 0.4) is 0 Å². The van der Waals surface area contributed by atoms with Crippen molar-refractivity contribution in [2.45, 2.75) is 31.8 Å². The van der Waals surface area contributed by atoms with Crippen LogP contribution in [0.5, 0.6) is 0 Å². The minimum Gasteiger partial charge on any atom is -0.395 e. The highest BCUT2D eigenvalue weighted by molar-refractivity contribution is 5.75. The van der Waals surface area contributed by atoms with E-state index < -0.39 is 0 Å². The molecular formula is C23H31N3O2. The minimum absolute atomic E-state index is 0.0152. The summed E-state index contributed by atoms with van der Waals surface area (Å²) in [4.78, 5) is 17.1. The third kappa shape index (κ3) is 5.12. The van der Waals surface area contributed by atoms with Gasteiger partial charge < -0.3 is 20.2 Å². The third-order valence-electron chi connectivity index (χ3n) is 5.60. The standard InChI is InChI=1S/C23H31N3O2/c1-18-7-6-10-20(17-18)22(19-8-4-3-5-9-19)24-23(28)26-13-11-21(12-14-26)25(2)15-16-27/h3-10,17,21-22,27H,11-16H2,1-2H3,(H,24,28)/t22-/m1/s1. The molecule has 2 aromatic rings. The van der Waals surface area contributed by atoms with Gasteiger partial charge in [0.15, 0.2) is 0 Å². The van der Waals surface area contributed by atoms with Gasteiger partial charge >= 0.3 is 6.03 Å². The Morgan fingerprint density at radius 2 is 1.82 bits per heavy atom. The summed E-state index contributed by atoms with van der Waals surface area (Å²) in [5.41, 5.74) is 3.36. The smallest absolute Gasteiger partial charge is 0.318 e. The number of carbonyl (C=O) groups excluding carboxylic acids is 1. The first-order valence-electron chi connectivity index (χ1n) is 10.1. The van der Waals surface area contributed by atoms with Crippen molar-refractivity contribution >= 4 is 6.03 Å². The van der Waals surface area contributed by atoms with Crippen LogP contribution in [0.1, 0.15) is 35.6 Å². The van der Waals surface area contributed by atoms with Crippen LogP contribution in [0.15, 0.2) is 54.6 Å². The largest absolute Gasteiger partial charge is 0.395 e. The number of likely N-dealkylation sites (tertiary alicyclic amines) is 1. The number of rotatable bonds is 6. The lowest BCUT2D eigenvalue weighted by Gasteiger charge is -2.37. The Morgan fingerprint density at radius 1 is 1.14 bits per heavy atom. The molecule has 0 saturated carbocycles. The Bertz CT molecular complexity index is 757. The lowest BCUT2D eigenvalue weighted by atomic mass is 9.97. The molecule has 1 heterocycles. The van der Waals surface area contributed by atoms with Crippen LogP contribution < -0.4 is 5.32 Å². The molecule has 0 aromatic heterocycles. The molecule has 0 unspecified atom stereocenters. The SMILES string of the molecule is Cc1cccc([C@H](NC(=O)N2CCC(N(C)CCO)CC2)c2ccccc2)c1. The highest BCUT2D eigenvalue weighted by atomic mass is 16.3. The summed E-state index contributed by atoms with van der Waals surface area (Å²) < 4.78 is 0. The van der Waals surface area contributed by atoms with Crippen molar-refractivity contribution < 1.29 is 9.90 Å². The number of hydrogen-bond acceptors (Lipinski definition) is 3. The first-order chi connectivity index (χ1) is 13.6. The molecule has 0 aliphatic carbocycles. The van der Waals surface area contributed by atoms with Crippen molar-refractivity contribution in [3.05, 3.63) is 71.3 Å². The average Bonchev–Trinajstić information content (AvgIpc) is 2.73.